The lowest BCUT2D eigenvalue weighted by molar-refractivity contribution is 0.0621. The maximum Gasteiger partial charge on any atom is 0.0951 e. The van der Waals surface area contributed by atoms with Crippen molar-refractivity contribution < 1.29 is 9.84 Å². The molecule has 0 saturated carbocycles. The van der Waals surface area contributed by atoms with Crippen LogP contribution in [0.5, 0.6) is 0 Å². The van der Waals surface area contributed by atoms with Crippen molar-refractivity contribution in [1.82, 2.24) is 5.32 Å². The lowest BCUT2D eigenvalue weighted by Crippen LogP contribution is -2.36. The van der Waals surface area contributed by atoms with Gasteiger partial charge in [-0.15, -0.1) is 0 Å². The summed E-state index contributed by atoms with van der Waals surface area (Å²) in [5, 5.41) is 12.7. The fraction of sp³-hybridized carbons (Fsp3) is 1.00. The van der Waals surface area contributed by atoms with E-state index in [0.717, 1.165) is 13.0 Å². The molecule has 0 aromatic heterocycles. The Balaban J connectivity index is 2.04. The Kier molecular flexibility index (Phi) is 1.87. The molecule has 64 valence electrons. The molecule has 11 heavy (non-hydrogen) atoms. The average molecular weight is 157 g/mol. The molecule has 2 N–H and O–H groups in total. The average Bonchev–Trinajstić information content (AvgIpc) is 2.53. The van der Waals surface area contributed by atoms with Gasteiger partial charge in [0.2, 0.25) is 0 Å². The molecule has 0 amide bonds. The van der Waals surface area contributed by atoms with E-state index in [9.17, 15) is 5.11 Å². The van der Waals surface area contributed by atoms with Crippen LogP contribution in [0.15, 0.2) is 0 Å². The third-order valence-electron chi connectivity index (χ3n) is 2.83. The first-order chi connectivity index (χ1) is 5.33. The normalized spacial score (nSPS) is 49.6. The summed E-state index contributed by atoms with van der Waals surface area (Å²) in [6, 6.07) is 0.208. The predicted molar refractivity (Wildman–Crippen MR) is 41.3 cm³/mol. The highest BCUT2D eigenvalue weighted by molar-refractivity contribution is 4.99. The van der Waals surface area contributed by atoms with Crippen LogP contribution in [0.2, 0.25) is 0 Å². The number of ether oxygens (including phenoxy) is 1. The molecular formula is C8H15NO2. The van der Waals surface area contributed by atoms with Crippen LogP contribution < -0.4 is 5.32 Å². The lowest BCUT2D eigenvalue weighted by Gasteiger charge is -2.14. The first-order valence-corrected chi connectivity index (χ1v) is 4.36. The van der Waals surface area contributed by atoms with Gasteiger partial charge in [0.15, 0.2) is 0 Å². The fourth-order valence-corrected chi connectivity index (χ4v) is 2.10. The highest BCUT2D eigenvalue weighted by atomic mass is 16.5. The fourth-order valence-electron chi connectivity index (χ4n) is 2.10. The summed E-state index contributed by atoms with van der Waals surface area (Å²) < 4.78 is 5.48. The highest BCUT2D eigenvalue weighted by Gasteiger charge is 2.44. The maximum atomic E-state index is 9.43. The zero-order chi connectivity index (χ0) is 7.84. The minimum Gasteiger partial charge on any atom is -0.389 e. The van der Waals surface area contributed by atoms with Crippen LogP contribution in [0.3, 0.4) is 0 Å². The Bertz CT molecular complexity index is 151. The number of aliphatic hydroxyl groups is 1. The van der Waals surface area contributed by atoms with Crippen molar-refractivity contribution in [2.24, 2.45) is 5.92 Å². The van der Waals surface area contributed by atoms with Crippen LogP contribution in [-0.4, -0.2) is 36.5 Å². The second-order valence-electron chi connectivity index (χ2n) is 3.47. The zero-order valence-corrected chi connectivity index (χ0v) is 6.79. The van der Waals surface area contributed by atoms with Gasteiger partial charge in [0.05, 0.1) is 24.9 Å². The monoisotopic (exact) mass is 157 g/mol. The molecular weight excluding hydrogens is 142 g/mol. The molecule has 0 radical (unpaired) electrons. The molecule has 0 spiro atoms. The third-order valence-corrected chi connectivity index (χ3v) is 2.83. The molecule has 0 aromatic rings. The Labute approximate surface area is 66.7 Å². The van der Waals surface area contributed by atoms with Gasteiger partial charge in [-0.3, -0.25) is 0 Å². The van der Waals surface area contributed by atoms with Crippen LogP contribution in [0.4, 0.5) is 0 Å². The summed E-state index contributed by atoms with van der Waals surface area (Å²) in [5.41, 5.74) is 0. The molecule has 0 aromatic carbocycles. The van der Waals surface area contributed by atoms with Crippen LogP contribution in [0.25, 0.3) is 0 Å². The van der Waals surface area contributed by atoms with Gasteiger partial charge in [-0.2, -0.15) is 0 Å². The number of nitrogens with one attached hydrogen (secondary N) is 1. The summed E-state index contributed by atoms with van der Waals surface area (Å²) in [6.45, 7) is 3.69. The zero-order valence-electron chi connectivity index (χ0n) is 6.79. The minimum atomic E-state index is -0.281. The summed E-state index contributed by atoms with van der Waals surface area (Å²) in [6.07, 6.45) is 1.13. The van der Waals surface area contributed by atoms with Crippen LogP contribution in [-0.2, 0) is 4.74 Å². The molecule has 2 aliphatic heterocycles. The van der Waals surface area contributed by atoms with Gasteiger partial charge in [0.25, 0.3) is 0 Å². The van der Waals surface area contributed by atoms with Crippen molar-refractivity contribution in [1.29, 1.82) is 0 Å². The van der Waals surface area contributed by atoms with E-state index in [1.54, 1.807) is 0 Å². The first-order valence-electron chi connectivity index (χ1n) is 4.36. The van der Waals surface area contributed by atoms with E-state index in [2.05, 4.69) is 12.2 Å². The van der Waals surface area contributed by atoms with Gasteiger partial charge >= 0.3 is 0 Å². The molecule has 0 aliphatic carbocycles. The molecule has 2 rings (SSSR count). The van der Waals surface area contributed by atoms with E-state index in [4.69, 9.17) is 4.74 Å². The lowest BCUT2D eigenvalue weighted by atomic mass is 9.99. The first kappa shape index (κ1) is 7.53. The largest absolute Gasteiger partial charge is 0.389 e. The van der Waals surface area contributed by atoms with Crippen LogP contribution in [0, 0.1) is 5.92 Å². The molecule has 3 nitrogen and oxygen atoms in total. The minimum absolute atomic E-state index is 0.208. The number of aliphatic hydroxyl groups excluding tert-OH is 1. The standard InChI is InChI=1S/C8H15NO2/c1-2-5-3-9-7-6(10)4-11-8(5)7/h5-10H,2-4H2,1H3/t5-,6+,7-,8-/m1/s1. The Morgan fingerprint density at radius 3 is 3.18 bits per heavy atom. The van der Waals surface area contributed by atoms with Gasteiger partial charge in [-0.05, 0) is 12.3 Å². The number of hydrogen-bond acceptors (Lipinski definition) is 3. The van der Waals surface area contributed by atoms with Crippen molar-refractivity contribution in [2.75, 3.05) is 13.2 Å². The third kappa shape index (κ3) is 1.08. The smallest absolute Gasteiger partial charge is 0.0951 e. The predicted octanol–water partition coefficient (Wildman–Crippen LogP) is -0.256. The molecule has 0 bridgehead atoms. The van der Waals surface area contributed by atoms with Gasteiger partial charge in [0.1, 0.15) is 0 Å². The maximum absolute atomic E-state index is 9.43. The van der Waals surface area contributed by atoms with Crippen molar-refractivity contribution >= 4 is 0 Å². The van der Waals surface area contributed by atoms with Crippen molar-refractivity contribution in [2.45, 2.75) is 31.6 Å². The van der Waals surface area contributed by atoms with E-state index >= 15 is 0 Å². The molecule has 4 atom stereocenters. The van der Waals surface area contributed by atoms with Gasteiger partial charge in [-0.25, -0.2) is 0 Å². The summed E-state index contributed by atoms with van der Waals surface area (Å²) in [5.74, 6) is 0.608. The quantitative estimate of drug-likeness (QED) is 0.551. The SMILES string of the molecule is CC[C@@H]1CN[C@H]2[C@@H]1OC[C@@H]2O. The van der Waals surface area contributed by atoms with Gasteiger partial charge in [-0.1, -0.05) is 6.92 Å². The van der Waals surface area contributed by atoms with Crippen molar-refractivity contribution in [3.8, 4) is 0 Å². The van der Waals surface area contributed by atoms with Crippen molar-refractivity contribution in [3.05, 3.63) is 0 Å². The van der Waals surface area contributed by atoms with E-state index < -0.39 is 0 Å². The topological polar surface area (TPSA) is 41.5 Å². The summed E-state index contributed by atoms with van der Waals surface area (Å²) in [4.78, 5) is 0. The highest BCUT2D eigenvalue weighted by Crippen LogP contribution is 2.28. The molecule has 3 heteroatoms. The van der Waals surface area contributed by atoms with Gasteiger partial charge in [0, 0.05) is 6.54 Å². The summed E-state index contributed by atoms with van der Waals surface area (Å²) in [7, 11) is 0. The molecule has 2 fully saturated rings. The number of rotatable bonds is 1. The molecule has 2 aliphatic rings. The molecule has 0 unspecified atom stereocenters. The molecule has 2 saturated heterocycles. The Morgan fingerprint density at radius 1 is 1.64 bits per heavy atom. The van der Waals surface area contributed by atoms with Crippen molar-refractivity contribution in [3.63, 3.8) is 0 Å². The van der Waals surface area contributed by atoms with Crippen LogP contribution in [0.1, 0.15) is 13.3 Å². The Hall–Kier alpha value is -0.120. The second-order valence-corrected chi connectivity index (χ2v) is 3.47. The number of hydrogen-bond donors (Lipinski definition) is 2. The second kappa shape index (κ2) is 2.73. The van der Waals surface area contributed by atoms with E-state index in [0.29, 0.717) is 12.5 Å². The molecule has 2 heterocycles. The van der Waals surface area contributed by atoms with Crippen LogP contribution >= 0.6 is 0 Å². The number of fused-ring (bicyclic) bond motifs is 1. The van der Waals surface area contributed by atoms with E-state index in [1.807, 2.05) is 0 Å². The van der Waals surface area contributed by atoms with E-state index in [1.165, 1.54) is 0 Å². The Morgan fingerprint density at radius 2 is 2.45 bits per heavy atom. The van der Waals surface area contributed by atoms with E-state index in [-0.39, 0.29) is 18.2 Å². The van der Waals surface area contributed by atoms with Gasteiger partial charge < -0.3 is 15.2 Å². The summed E-state index contributed by atoms with van der Waals surface area (Å²) >= 11 is 0.